The van der Waals surface area contributed by atoms with Crippen LogP contribution in [0.2, 0.25) is 0 Å². The van der Waals surface area contributed by atoms with Gasteiger partial charge in [-0.3, -0.25) is 4.79 Å². The number of allylic oxidation sites excluding steroid dienone is 2. The first-order valence-corrected chi connectivity index (χ1v) is 17.8. The van der Waals surface area contributed by atoms with Crippen molar-refractivity contribution in [1.82, 2.24) is 10.2 Å². The Morgan fingerprint density at radius 3 is 2.02 bits per heavy atom. The van der Waals surface area contributed by atoms with Crippen molar-refractivity contribution in [3.05, 3.63) is 95.9 Å². The summed E-state index contributed by atoms with van der Waals surface area (Å²) >= 11 is 0. The molecule has 0 aliphatic carbocycles. The summed E-state index contributed by atoms with van der Waals surface area (Å²) in [5, 5.41) is 22.4. The molecule has 0 aliphatic heterocycles. The van der Waals surface area contributed by atoms with Crippen LogP contribution >= 0.6 is 0 Å². The number of carbonyl (C=O) groups excluding carboxylic acids is 1. The minimum atomic E-state index is -0.337. The molecule has 6 aromatic rings. The molecule has 1 N–H and O–H groups in total. The minimum Gasteiger partial charge on any atom is -0.512 e. The molecule has 7 heteroatoms. The molecule has 3 aromatic carbocycles. The number of benzene rings is 3. The standard InChI is InChI=1S/C29H23N2O2.C15H28O2.Ir/c1-17-22(26-16-27-28(33-26)21-11-7-8-12-25(21)32-27)15-24(31-30-17)19-13-18-9-5-6-10-20(18)23(14-19)29(2,3)4;1-7-14(5,8-2)12(16)11-13(17)15(6,9-3)10-4;/h5-12,14-16H,1-4H3;11,16H,7-10H2,1-6H3;/q-1;;/b;12-11-;. The van der Waals surface area contributed by atoms with Crippen LogP contribution in [0.15, 0.2) is 87.4 Å². The van der Waals surface area contributed by atoms with Crippen molar-refractivity contribution in [3.63, 3.8) is 0 Å². The van der Waals surface area contributed by atoms with Gasteiger partial charge in [-0.05, 0) is 50.2 Å². The summed E-state index contributed by atoms with van der Waals surface area (Å²) in [6, 6.07) is 26.0. The summed E-state index contributed by atoms with van der Waals surface area (Å²) in [6.07, 6.45) is 4.75. The Labute approximate surface area is 316 Å². The fourth-order valence-corrected chi connectivity index (χ4v) is 6.14. The number of aliphatic hydroxyl groups is 1. The summed E-state index contributed by atoms with van der Waals surface area (Å²) in [6.45, 7) is 20.7. The van der Waals surface area contributed by atoms with Crippen molar-refractivity contribution < 1.29 is 38.8 Å². The normalized spacial score (nSPS) is 12.5. The third-order valence-corrected chi connectivity index (χ3v) is 10.8. The van der Waals surface area contributed by atoms with Crippen LogP contribution in [0.4, 0.5) is 0 Å². The third kappa shape index (κ3) is 8.05. The fourth-order valence-electron chi connectivity index (χ4n) is 6.14. The van der Waals surface area contributed by atoms with E-state index >= 15 is 0 Å². The van der Waals surface area contributed by atoms with Crippen LogP contribution in [0.5, 0.6) is 0 Å². The van der Waals surface area contributed by atoms with E-state index in [0.717, 1.165) is 81.5 Å². The van der Waals surface area contributed by atoms with Crippen molar-refractivity contribution in [1.29, 1.82) is 0 Å². The summed E-state index contributed by atoms with van der Waals surface area (Å²) in [4.78, 5) is 12.2. The first-order valence-electron chi connectivity index (χ1n) is 17.8. The molecule has 0 atom stereocenters. The zero-order chi connectivity index (χ0) is 36.4. The molecule has 0 saturated carbocycles. The van der Waals surface area contributed by atoms with Gasteiger partial charge < -0.3 is 13.9 Å². The van der Waals surface area contributed by atoms with E-state index in [4.69, 9.17) is 8.83 Å². The number of para-hydroxylation sites is 1. The van der Waals surface area contributed by atoms with E-state index in [-0.39, 0.29) is 47.9 Å². The summed E-state index contributed by atoms with van der Waals surface area (Å²) in [5.74, 6) is 1.01. The minimum absolute atomic E-state index is 0. The fraction of sp³-hybridized carbons (Fsp3) is 0.386. The maximum absolute atomic E-state index is 12.2. The number of rotatable bonds is 9. The van der Waals surface area contributed by atoms with Gasteiger partial charge in [0, 0.05) is 54.3 Å². The van der Waals surface area contributed by atoms with Gasteiger partial charge in [-0.15, -0.1) is 29.1 Å². The molecule has 1 radical (unpaired) electrons. The molecule has 0 saturated heterocycles. The van der Waals surface area contributed by atoms with E-state index in [1.54, 1.807) is 0 Å². The SMILES string of the molecule is CCC(C)(CC)C(=O)/C=C(\O)C(C)(CC)CC.Cc1nnc(-c2[c-]c3ccccc3c(C(C)(C)C)c2)cc1-c1cc2oc3ccccc3c2o1.[Ir]. The van der Waals surface area contributed by atoms with Crippen molar-refractivity contribution >= 4 is 38.7 Å². The van der Waals surface area contributed by atoms with Gasteiger partial charge in [-0.2, -0.15) is 10.2 Å². The second-order valence-electron chi connectivity index (χ2n) is 15.0. The number of hydrogen-bond donors (Lipinski definition) is 1. The smallest absolute Gasteiger partial charge is 0.181 e. The number of aryl methyl sites for hydroxylation is 1. The molecule has 0 unspecified atom stereocenters. The predicted molar refractivity (Wildman–Crippen MR) is 205 cm³/mol. The zero-order valence-corrected chi connectivity index (χ0v) is 34.1. The molecular formula is C44H51IrN2O4-. The van der Waals surface area contributed by atoms with Gasteiger partial charge >= 0.3 is 0 Å². The summed E-state index contributed by atoms with van der Waals surface area (Å²) < 4.78 is 12.2. The molecule has 3 aromatic heterocycles. The van der Waals surface area contributed by atoms with Gasteiger partial charge in [-0.25, -0.2) is 0 Å². The van der Waals surface area contributed by atoms with Gasteiger partial charge in [0.1, 0.15) is 17.1 Å². The number of aromatic nitrogens is 2. The number of carbonyl (C=O) groups is 1. The van der Waals surface area contributed by atoms with Crippen molar-refractivity contribution in [2.24, 2.45) is 10.8 Å². The van der Waals surface area contributed by atoms with Crippen LogP contribution in [0.1, 0.15) is 99.3 Å². The van der Waals surface area contributed by atoms with E-state index in [0.29, 0.717) is 0 Å². The second kappa shape index (κ2) is 15.7. The van der Waals surface area contributed by atoms with E-state index in [2.05, 4.69) is 61.3 Å². The average Bonchev–Trinajstić information content (AvgIpc) is 3.68. The monoisotopic (exact) mass is 864 g/mol. The molecule has 0 aliphatic rings. The number of furan rings is 2. The number of aliphatic hydroxyl groups excluding tert-OH is 1. The van der Waals surface area contributed by atoms with Crippen molar-refractivity contribution in [2.75, 3.05) is 0 Å². The van der Waals surface area contributed by atoms with Gasteiger partial charge in [-0.1, -0.05) is 110 Å². The zero-order valence-electron chi connectivity index (χ0n) is 31.7. The van der Waals surface area contributed by atoms with Crippen LogP contribution in [0.25, 0.3) is 55.5 Å². The number of hydrogen-bond acceptors (Lipinski definition) is 6. The molecule has 51 heavy (non-hydrogen) atoms. The molecule has 271 valence electrons. The summed E-state index contributed by atoms with van der Waals surface area (Å²) in [7, 11) is 0. The number of nitrogens with zero attached hydrogens (tertiary/aromatic N) is 2. The van der Waals surface area contributed by atoms with E-state index < -0.39 is 0 Å². The van der Waals surface area contributed by atoms with Gasteiger partial charge in [0.05, 0.1) is 11.1 Å². The summed E-state index contributed by atoms with van der Waals surface area (Å²) in [5.41, 5.74) is 6.34. The van der Waals surface area contributed by atoms with E-state index in [9.17, 15) is 9.90 Å². The van der Waals surface area contributed by atoms with Crippen LogP contribution in [0.3, 0.4) is 0 Å². The van der Waals surface area contributed by atoms with Gasteiger partial charge in [0.25, 0.3) is 0 Å². The molecule has 6 rings (SSSR count). The Kier molecular flexibility index (Phi) is 12.2. The maximum Gasteiger partial charge on any atom is 0.181 e. The molecule has 0 bridgehead atoms. The van der Waals surface area contributed by atoms with Crippen LogP contribution in [0, 0.1) is 23.8 Å². The Morgan fingerprint density at radius 2 is 1.39 bits per heavy atom. The first kappa shape index (κ1) is 39.7. The molecular weight excluding hydrogens is 813 g/mol. The van der Waals surface area contributed by atoms with Crippen molar-refractivity contribution in [2.45, 2.75) is 100 Å². The van der Waals surface area contributed by atoms with Crippen LogP contribution in [-0.4, -0.2) is 21.1 Å². The van der Waals surface area contributed by atoms with Crippen molar-refractivity contribution in [3.8, 4) is 22.6 Å². The van der Waals surface area contributed by atoms with E-state index in [1.165, 1.54) is 17.0 Å². The topological polar surface area (TPSA) is 89.4 Å². The number of fused-ring (bicyclic) bond motifs is 4. The molecule has 0 amide bonds. The third-order valence-electron chi connectivity index (χ3n) is 10.8. The largest absolute Gasteiger partial charge is 0.512 e. The first-order chi connectivity index (χ1) is 23.7. The Bertz CT molecular complexity index is 2170. The Balaban J connectivity index is 0.000000279. The molecule has 3 heterocycles. The quantitative estimate of drug-likeness (QED) is 0.0885. The second-order valence-corrected chi connectivity index (χ2v) is 15.0. The van der Waals surface area contributed by atoms with Gasteiger partial charge in [0.2, 0.25) is 0 Å². The molecule has 0 spiro atoms. The van der Waals surface area contributed by atoms with E-state index in [1.807, 2.05) is 90.9 Å². The molecule has 0 fully saturated rings. The molecule has 6 nitrogen and oxygen atoms in total. The predicted octanol–water partition coefficient (Wildman–Crippen LogP) is 12.5. The average molecular weight is 864 g/mol. The number of ketones is 1. The Morgan fingerprint density at radius 1 is 0.784 bits per heavy atom. The maximum atomic E-state index is 12.2. The van der Waals surface area contributed by atoms with Crippen LogP contribution in [-0.2, 0) is 30.3 Å². The van der Waals surface area contributed by atoms with Gasteiger partial charge in [0.15, 0.2) is 16.9 Å². The Hall–Kier alpha value is -4.06. The van der Waals surface area contributed by atoms with Crippen LogP contribution < -0.4 is 0 Å².